The lowest BCUT2D eigenvalue weighted by Gasteiger charge is -2.31. The summed E-state index contributed by atoms with van der Waals surface area (Å²) in [6, 6.07) is 8.96. The number of nitrogens with zero attached hydrogens (tertiary/aromatic N) is 2. The average Bonchev–Trinajstić information content (AvgIpc) is 3.15. The molecule has 130 valence electrons. The highest BCUT2D eigenvalue weighted by molar-refractivity contribution is 6.12. The molecule has 1 spiro atoms. The molecule has 0 aliphatic carbocycles. The van der Waals surface area contributed by atoms with Gasteiger partial charge in [0.05, 0.1) is 24.8 Å². The first-order chi connectivity index (χ1) is 12.5. The number of methoxy groups -OCH3 is 1. The molecule has 1 amide bonds. The molecular weight excluding hydrogens is 338 g/mol. The summed E-state index contributed by atoms with van der Waals surface area (Å²) in [5, 5.41) is 19.2. The zero-order valence-corrected chi connectivity index (χ0v) is 13.6. The van der Waals surface area contributed by atoms with E-state index in [1.54, 1.807) is 24.3 Å². The Kier molecular flexibility index (Phi) is 3.23. The number of amides is 1. The summed E-state index contributed by atoms with van der Waals surface area (Å²) < 4.78 is 10.1. The maximum absolute atomic E-state index is 13.1. The van der Waals surface area contributed by atoms with E-state index in [2.05, 4.69) is 15.5 Å². The molecule has 2 aromatic rings. The molecule has 1 aromatic carbocycles. The first-order valence-corrected chi connectivity index (χ1v) is 7.67. The van der Waals surface area contributed by atoms with Crippen molar-refractivity contribution in [3.8, 4) is 11.9 Å². The lowest BCUT2D eigenvalue weighted by Crippen LogP contribution is -2.43. The summed E-state index contributed by atoms with van der Waals surface area (Å²) in [5.41, 5.74) is 6.03. The number of ether oxygens (including phenoxy) is 2. The predicted octanol–water partition coefficient (Wildman–Crippen LogP) is 0.450. The maximum atomic E-state index is 13.1. The number of aromatic amines is 1. The van der Waals surface area contributed by atoms with Crippen LogP contribution in [0.4, 0.5) is 5.69 Å². The minimum absolute atomic E-state index is 0.0484. The highest BCUT2D eigenvalue weighted by Crippen LogP contribution is 2.53. The second kappa shape index (κ2) is 5.35. The van der Waals surface area contributed by atoms with Crippen molar-refractivity contribution in [3.63, 3.8) is 0 Å². The molecule has 4 N–H and O–H groups in total. The number of carbonyl (C=O) groups excluding carboxylic acids is 2. The molecule has 2 aliphatic rings. The normalized spacial score (nSPS) is 20.1. The van der Waals surface area contributed by atoms with E-state index >= 15 is 0 Å². The number of para-hydroxylation sites is 1. The van der Waals surface area contributed by atoms with Crippen LogP contribution in [0.1, 0.15) is 16.8 Å². The van der Waals surface area contributed by atoms with E-state index in [1.807, 2.05) is 6.07 Å². The monoisotopic (exact) mass is 351 g/mol. The summed E-state index contributed by atoms with van der Waals surface area (Å²) in [6.45, 7) is 0. The molecule has 0 bridgehead atoms. The van der Waals surface area contributed by atoms with Crippen molar-refractivity contribution in [2.45, 2.75) is 11.8 Å². The van der Waals surface area contributed by atoms with Gasteiger partial charge >= 0.3 is 5.97 Å². The van der Waals surface area contributed by atoms with Crippen molar-refractivity contribution in [2.75, 3.05) is 12.4 Å². The van der Waals surface area contributed by atoms with Crippen molar-refractivity contribution < 1.29 is 19.1 Å². The van der Waals surface area contributed by atoms with Gasteiger partial charge in [0.1, 0.15) is 17.1 Å². The van der Waals surface area contributed by atoms with Crippen molar-refractivity contribution >= 4 is 17.6 Å². The predicted molar refractivity (Wildman–Crippen MR) is 87.6 cm³/mol. The molecule has 1 atom stereocenters. The highest BCUT2D eigenvalue weighted by Gasteiger charge is 2.58. The Morgan fingerprint density at radius 1 is 1.46 bits per heavy atom. The number of hydrogen-bond acceptors (Lipinski definition) is 7. The summed E-state index contributed by atoms with van der Waals surface area (Å²) >= 11 is 0. The lowest BCUT2D eigenvalue weighted by molar-refractivity contribution is -0.139. The van der Waals surface area contributed by atoms with Crippen LogP contribution in [-0.4, -0.2) is 29.2 Å². The van der Waals surface area contributed by atoms with Gasteiger partial charge in [0.15, 0.2) is 0 Å². The van der Waals surface area contributed by atoms with Crippen molar-refractivity contribution in [2.24, 2.45) is 5.73 Å². The maximum Gasteiger partial charge on any atom is 0.311 e. The molecule has 4 rings (SSSR count). The van der Waals surface area contributed by atoms with Crippen molar-refractivity contribution in [3.05, 3.63) is 52.5 Å². The Hall–Kier alpha value is -3.80. The number of carbonyl (C=O) groups is 2. The largest absolute Gasteiger partial charge is 0.469 e. The van der Waals surface area contributed by atoms with Gasteiger partial charge in [-0.15, -0.1) is 5.10 Å². The van der Waals surface area contributed by atoms with E-state index in [4.69, 9.17) is 15.2 Å². The first-order valence-electron chi connectivity index (χ1n) is 7.67. The van der Waals surface area contributed by atoms with Gasteiger partial charge in [0.2, 0.25) is 17.7 Å². The second-order valence-electron chi connectivity index (χ2n) is 5.84. The number of nitrogens with two attached hydrogens (primary N) is 1. The molecule has 9 heteroatoms. The molecular formula is C17H13N5O4. The molecule has 1 aromatic heterocycles. The van der Waals surface area contributed by atoms with Crippen LogP contribution >= 0.6 is 0 Å². The number of hydrogen-bond donors (Lipinski definition) is 3. The summed E-state index contributed by atoms with van der Waals surface area (Å²) in [4.78, 5) is 24.9. The van der Waals surface area contributed by atoms with E-state index in [-0.39, 0.29) is 29.3 Å². The molecule has 0 saturated heterocycles. The fourth-order valence-corrected chi connectivity index (χ4v) is 3.52. The Morgan fingerprint density at radius 3 is 2.96 bits per heavy atom. The fourth-order valence-electron chi connectivity index (χ4n) is 3.52. The fraction of sp³-hybridized carbons (Fsp3) is 0.176. The van der Waals surface area contributed by atoms with Gasteiger partial charge < -0.3 is 20.5 Å². The molecule has 0 unspecified atom stereocenters. The molecule has 3 heterocycles. The van der Waals surface area contributed by atoms with Crippen molar-refractivity contribution in [1.82, 2.24) is 10.2 Å². The number of aromatic nitrogens is 2. The average molecular weight is 351 g/mol. The molecule has 0 radical (unpaired) electrons. The minimum Gasteiger partial charge on any atom is -0.469 e. The Bertz CT molecular complexity index is 1030. The zero-order chi connectivity index (χ0) is 18.5. The minimum atomic E-state index is -1.54. The molecule has 2 aliphatic heterocycles. The van der Waals surface area contributed by atoms with Crippen LogP contribution in [0.3, 0.4) is 0 Å². The van der Waals surface area contributed by atoms with Gasteiger partial charge in [-0.05, 0) is 6.07 Å². The summed E-state index contributed by atoms with van der Waals surface area (Å²) in [6.07, 6.45) is -0.169. The van der Waals surface area contributed by atoms with Crippen LogP contribution in [0.5, 0.6) is 5.88 Å². The molecule has 9 nitrogen and oxygen atoms in total. The quantitative estimate of drug-likeness (QED) is 0.666. The van der Waals surface area contributed by atoms with E-state index in [1.165, 1.54) is 7.11 Å². The van der Waals surface area contributed by atoms with E-state index in [9.17, 15) is 14.9 Å². The van der Waals surface area contributed by atoms with Gasteiger partial charge in [-0.1, -0.05) is 18.2 Å². The van der Waals surface area contributed by atoms with Gasteiger partial charge in [-0.2, -0.15) is 5.26 Å². The number of benzene rings is 1. The first kappa shape index (κ1) is 15.7. The third-order valence-corrected chi connectivity index (χ3v) is 4.59. The molecule has 0 saturated carbocycles. The number of fused-ring (bicyclic) bond motifs is 4. The Balaban J connectivity index is 2.06. The standard InChI is InChI=1S/C17H13N5O4/c1-25-12(23)6-11-13-15(22-21-11)26-14(19)9(7-18)17(13)8-4-2-3-5-10(8)20-16(17)24/h2-5H,6,19H2,1H3,(H,20,24)(H,21,22)/t17-/m1/s1. The van der Waals surface area contributed by atoms with Gasteiger partial charge in [0.25, 0.3) is 0 Å². The Morgan fingerprint density at radius 2 is 2.23 bits per heavy atom. The van der Waals surface area contributed by atoms with E-state index in [0.717, 1.165) is 0 Å². The van der Waals surface area contributed by atoms with Crippen LogP contribution in [0, 0.1) is 11.3 Å². The van der Waals surface area contributed by atoms with Crippen LogP contribution in [0.15, 0.2) is 35.7 Å². The van der Waals surface area contributed by atoms with Crippen molar-refractivity contribution in [1.29, 1.82) is 5.26 Å². The van der Waals surface area contributed by atoms with Crippen LogP contribution in [0.2, 0.25) is 0 Å². The third-order valence-electron chi connectivity index (χ3n) is 4.59. The van der Waals surface area contributed by atoms with Gasteiger partial charge in [-0.3, -0.25) is 14.7 Å². The lowest BCUT2D eigenvalue weighted by atomic mass is 9.69. The molecule has 0 fully saturated rings. The number of esters is 1. The molecule has 26 heavy (non-hydrogen) atoms. The summed E-state index contributed by atoms with van der Waals surface area (Å²) in [7, 11) is 1.26. The summed E-state index contributed by atoms with van der Waals surface area (Å²) in [5.74, 6) is -1.15. The SMILES string of the molecule is COC(=O)Cc1[nH]nc2c1[C@]1(C(=O)Nc3ccccc31)C(C#N)=C(N)O2. The smallest absolute Gasteiger partial charge is 0.311 e. The zero-order valence-electron chi connectivity index (χ0n) is 13.6. The Labute approximate surface area is 147 Å². The van der Waals surface area contributed by atoms with Gasteiger partial charge in [0, 0.05) is 11.3 Å². The van der Waals surface area contributed by atoms with Crippen LogP contribution in [-0.2, 0) is 26.2 Å². The second-order valence-corrected chi connectivity index (χ2v) is 5.84. The topological polar surface area (TPSA) is 143 Å². The number of H-pyrrole nitrogens is 1. The van der Waals surface area contributed by atoms with E-state index in [0.29, 0.717) is 16.9 Å². The number of rotatable bonds is 2. The third kappa shape index (κ3) is 1.81. The number of anilines is 1. The number of nitriles is 1. The number of nitrogens with one attached hydrogen (secondary N) is 2. The van der Waals surface area contributed by atoms with E-state index < -0.39 is 17.3 Å². The van der Waals surface area contributed by atoms with Crippen LogP contribution < -0.4 is 15.8 Å². The van der Waals surface area contributed by atoms with Gasteiger partial charge in [-0.25, -0.2) is 0 Å². The highest BCUT2D eigenvalue weighted by atomic mass is 16.5. The van der Waals surface area contributed by atoms with Crippen LogP contribution in [0.25, 0.3) is 0 Å².